The summed E-state index contributed by atoms with van der Waals surface area (Å²) in [5.74, 6) is 0.435. The number of benzene rings is 1. The third kappa shape index (κ3) is 3.47. The molecule has 0 bridgehead atoms. The van der Waals surface area contributed by atoms with Gasteiger partial charge in [-0.3, -0.25) is 0 Å². The first-order valence-electron chi connectivity index (χ1n) is 6.47. The zero-order valence-corrected chi connectivity index (χ0v) is 12.9. The van der Waals surface area contributed by atoms with Crippen molar-refractivity contribution in [1.29, 1.82) is 0 Å². The Balaban J connectivity index is 2.48. The zero-order valence-electron chi connectivity index (χ0n) is 11.4. The summed E-state index contributed by atoms with van der Waals surface area (Å²) < 4.78 is 41.7. The number of halogens is 4. The number of nitrogens with zero attached hydrogens (tertiary/aromatic N) is 2. The Morgan fingerprint density at radius 3 is 2.71 bits per heavy atom. The van der Waals surface area contributed by atoms with Crippen molar-refractivity contribution in [3.63, 3.8) is 0 Å². The van der Waals surface area contributed by atoms with Crippen LogP contribution in [0.15, 0.2) is 35.1 Å². The van der Waals surface area contributed by atoms with Gasteiger partial charge in [-0.2, -0.15) is 13.2 Å². The lowest BCUT2D eigenvalue weighted by Gasteiger charge is -2.19. The molecule has 1 atom stereocenters. The average Bonchev–Trinajstić information content (AvgIpc) is 2.85. The van der Waals surface area contributed by atoms with E-state index in [9.17, 15) is 13.2 Å². The van der Waals surface area contributed by atoms with Crippen LogP contribution in [0.4, 0.5) is 13.2 Å². The Bertz CT molecular complexity index is 622. The smallest absolute Gasteiger partial charge is 0.333 e. The fourth-order valence-electron chi connectivity index (χ4n) is 2.21. The van der Waals surface area contributed by atoms with Gasteiger partial charge < -0.3 is 10.3 Å². The zero-order chi connectivity index (χ0) is 15.6. The van der Waals surface area contributed by atoms with E-state index in [2.05, 4.69) is 20.9 Å². The number of imidazole rings is 1. The number of aromatic nitrogens is 2. The van der Waals surface area contributed by atoms with Gasteiger partial charge in [0.05, 0.1) is 11.6 Å². The van der Waals surface area contributed by atoms with Crippen molar-refractivity contribution in [2.24, 2.45) is 5.73 Å². The number of alkyl halides is 3. The molecule has 1 aromatic heterocycles. The van der Waals surface area contributed by atoms with Crippen LogP contribution in [0.1, 0.15) is 36.3 Å². The highest BCUT2D eigenvalue weighted by atomic mass is 79.9. The van der Waals surface area contributed by atoms with Gasteiger partial charge in [0.2, 0.25) is 0 Å². The van der Waals surface area contributed by atoms with E-state index in [1.807, 2.05) is 6.92 Å². The minimum atomic E-state index is -4.46. The van der Waals surface area contributed by atoms with Crippen LogP contribution in [-0.4, -0.2) is 9.55 Å². The van der Waals surface area contributed by atoms with E-state index in [1.165, 1.54) is 6.07 Å². The molecular formula is C14H15BrF3N3. The van der Waals surface area contributed by atoms with E-state index in [0.717, 1.165) is 12.5 Å². The van der Waals surface area contributed by atoms with Gasteiger partial charge >= 0.3 is 6.18 Å². The van der Waals surface area contributed by atoms with Gasteiger partial charge in [0.15, 0.2) is 0 Å². The molecular weight excluding hydrogens is 347 g/mol. The highest BCUT2D eigenvalue weighted by molar-refractivity contribution is 9.10. The van der Waals surface area contributed by atoms with Crippen LogP contribution in [-0.2, 0) is 12.7 Å². The molecule has 0 aliphatic heterocycles. The molecule has 0 fully saturated rings. The van der Waals surface area contributed by atoms with Crippen molar-refractivity contribution in [1.82, 2.24) is 9.55 Å². The van der Waals surface area contributed by atoms with Gasteiger partial charge in [-0.15, -0.1) is 0 Å². The van der Waals surface area contributed by atoms with Gasteiger partial charge in [-0.25, -0.2) is 4.98 Å². The number of aryl methyl sites for hydroxylation is 1. The maximum absolute atomic E-state index is 13.2. The second-order valence-corrected chi connectivity index (χ2v) is 5.60. The number of rotatable bonds is 4. The molecule has 0 radical (unpaired) electrons. The van der Waals surface area contributed by atoms with E-state index in [4.69, 9.17) is 5.73 Å². The Kier molecular flexibility index (Phi) is 4.73. The summed E-state index contributed by atoms with van der Waals surface area (Å²) in [6, 6.07) is 3.07. The van der Waals surface area contributed by atoms with Crippen LogP contribution >= 0.6 is 15.9 Å². The first-order valence-corrected chi connectivity index (χ1v) is 7.27. The molecule has 2 N–H and O–H groups in total. The molecule has 114 valence electrons. The summed E-state index contributed by atoms with van der Waals surface area (Å²) in [5, 5.41) is 0. The van der Waals surface area contributed by atoms with Crippen molar-refractivity contribution < 1.29 is 13.2 Å². The highest BCUT2D eigenvalue weighted by Crippen LogP contribution is 2.37. The van der Waals surface area contributed by atoms with Gasteiger partial charge in [0, 0.05) is 23.4 Å². The maximum Gasteiger partial charge on any atom is 0.416 e. The normalized spacial score (nSPS) is 13.4. The van der Waals surface area contributed by atoms with E-state index in [0.29, 0.717) is 16.8 Å². The molecule has 2 aromatic rings. The molecule has 0 spiro atoms. The van der Waals surface area contributed by atoms with Gasteiger partial charge in [-0.1, -0.05) is 28.9 Å². The Morgan fingerprint density at radius 2 is 2.10 bits per heavy atom. The van der Waals surface area contributed by atoms with Gasteiger partial charge in [0.25, 0.3) is 0 Å². The predicted molar refractivity (Wildman–Crippen MR) is 77.7 cm³/mol. The van der Waals surface area contributed by atoms with Crippen molar-refractivity contribution in [3.05, 3.63) is 52.0 Å². The largest absolute Gasteiger partial charge is 0.416 e. The molecule has 0 aliphatic rings. The molecule has 0 saturated carbocycles. The molecule has 7 heteroatoms. The second kappa shape index (κ2) is 6.19. The SMILES string of the molecule is CCCn1ccnc1C(N)c1ccc(Br)cc1C(F)(F)F. The molecule has 1 unspecified atom stereocenters. The Hall–Kier alpha value is -1.34. The maximum atomic E-state index is 13.2. The molecule has 3 nitrogen and oxygen atoms in total. The molecule has 21 heavy (non-hydrogen) atoms. The van der Waals surface area contributed by atoms with Crippen LogP contribution < -0.4 is 5.73 Å². The highest BCUT2D eigenvalue weighted by Gasteiger charge is 2.35. The Labute approximate surface area is 129 Å². The topological polar surface area (TPSA) is 43.8 Å². The Morgan fingerprint density at radius 1 is 1.38 bits per heavy atom. The number of hydrogen-bond donors (Lipinski definition) is 1. The molecule has 1 heterocycles. The fourth-order valence-corrected chi connectivity index (χ4v) is 2.58. The fraction of sp³-hybridized carbons (Fsp3) is 0.357. The summed E-state index contributed by atoms with van der Waals surface area (Å²) in [7, 11) is 0. The quantitative estimate of drug-likeness (QED) is 0.889. The molecule has 1 aromatic carbocycles. The van der Waals surface area contributed by atoms with Crippen LogP contribution in [0.5, 0.6) is 0 Å². The minimum Gasteiger partial charge on any atom is -0.333 e. The first kappa shape index (κ1) is 16.0. The first-order chi connectivity index (χ1) is 9.84. The lowest BCUT2D eigenvalue weighted by Crippen LogP contribution is -2.22. The lowest BCUT2D eigenvalue weighted by atomic mass is 10.00. The molecule has 0 amide bonds. The van der Waals surface area contributed by atoms with E-state index < -0.39 is 17.8 Å². The van der Waals surface area contributed by atoms with Crippen LogP contribution in [0.3, 0.4) is 0 Å². The predicted octanol–water partition coefficient (Wildman–Crippen LogP) is 4.12. The van der Waals surface area contributed by atoms with Crippen molar-refractivity contribution in [2.75, 3.05) is 0 Å². The van der Waals surface area contributed by atoms with E-state index in [-0.39, 0.29) is 5.56 Å². The summed E-state index contributed by atoms with van der Waals surface area (Å²) in [5.41, 5.74) is 5.32. The summed E-state index contributed by atoms with van der Waals surface area (Å²) in [4.78, 5) is 4.12. The van der Waals surface area contributed by atoms with Gasteiger partial charge in [0.1, 0.15) is 5.82 Å². The van der Waals surface area contributed by atoms with Crippen molar-refractivity contribution in [2.45, 2.75) is 32.1 Å². The van der Waals surface area contributed by atoms with Gasteiger partial charge in [-0.05, 0) is 24.1 Å². The molecule has 2 rings (SSSR count). The van der Waals surface area contributed by atoms with Crippen LogP contribution in [0.2, 0.25) is 0 Å². The summed E-state index contributed by atoms with van der Waals surface area (Å²) >= 11 is 3.06. The molecule has 0 aliphatic carbocycles. The second-order valence-electron chi connectivity index (χ2n) is 4.69. The average molecular weight is 362 g/mol. The monoisotopic (exact) mass is 361 g/mol. The third-order valence-corrected chi connectivity index (χ3v) is 3.64. The minimum absolute atomic E-state index is 0.0225. The van der Waals surface area contributed by atoms with Crippen LogP contribution in [0, 0.1) is 0 Å². The summed E-state index contributed by atoms with van der Waals surface area (Å²) in [6.45, 7) is 2.65. The standard InChI is InChI=1S/C14H15BrF3N3/c1-2-6-21-7-5-20-13(21)12(19)10-4-3-9(15)8-11(10)14(16,17)18/h3-5,7-8,12H,2,6,19H2,1H3. The van der Waals surface area contributed by atoms with Crippen molar-refractivity contribution in [3.8, 4) is 0 Å². The van der Waals surface area contributed by atoms with Crippen LogP contribution in [0.25, 0.3) is 0 Å². The number of hydrogen-bond acceptors (Lipinski definition) is 2. The summed E-state index contributed by atoms with van der Waals surface area (Å²) in [6.07, 6.45) is -0.330. The molecule has 0 saturated heterocycles. The lowest BCUT2D eigenvalue weighted by molar-refractivity contribution is -0.138. The van der Waals surface area contributed by atoms with E-state index in [1.54, 1.807) is 23.0 Å². The number of nitrogens with two attached hydrogens (primary N) is 1. The van der Waals surface area contributed by atoms with Crippen molar-refractivity contribution >= 4 is 15.9 Å². The third-order valence-electron chi connectivity index (χ3n) is 3.15. The van der Waals surface area contributed by atoms with E-state index >= 15 is 0 Å².